The molecule has 1 saturated heterocycles. The van der Waals surface area contributed by atoms with Gasteiger partial charge in [0.2, 0.25) is 20.0 Å². The number of morpholine rings is 1. The highest BCUT2D eigenvalue weighted by molar-refractivity contribution is 7.94. The first kappa shape index (κ1) is 23.2. The van der Waals surface area contributed by atoms with Crippen LogP contribution in [0.3, 0.4) is 0 Å². The standard InChI is InChI=1S/C16H21N3O5S3.ClH/c1-11-14(16(27(18,22)23)25-15(11)26(17,20)21)13-4-2-3-12(9-13)10-19-5-7-24-8-6-19;/h2-4,9H,5-8,10H2,1H3,(H2,17,20,21)(H2,18,22,23);1H. The van der Waals surface area contributed by atoms with Gasteiger partial charge in [0.15, 0.2) is 0 Å². The highest BCUT2D eigenvalue weighted by atomic mass is 35.5. The van der Waals surface area contributed by atoms with Gasteiger partial charge in [0, 0.05) is 25.2 Å². The summed E-state index contributed by atoms with van der Waals surface area (Å²) in [7, 11) is -8.17. The Balaban J connectivity index is 0.00000280. The van der Waals surface area contributed by atoms with Crippen molar-refractivity contribution in [2.45, 2.75) is 21.9 Å². The third-order valence-corrected chi connectivity index (χ3v) is 8.63. The number of hydrogen-bond acceptors (Lipinski definition) is 7. The maximum atomic E-state index is 12.1. The van der Waals surface area contributed by atoms with Crippen molar-refractivity contribution < 1.29 is 21.6 Å². The van der Waals surface area contributed by atoms with Gasteiger partial charge in [-0.1, -0.05) is 18.2 Å². The topological polar surface area (TPSA) is 133 Å². The fourth-order valence-electron chi connectivity index (χ4n) is 3.12. The first-order valence-electron chi connectivity index (χ1n) is 8.16. The highest BCUT2D eigenvalue weighted by Gasteiger charge is 2.28. The van der Waals surface area contributed by atoms with Crippen LogP contribution in [0.2, 0.25) is 0 Å². The summed E-state index contributed by atoms with van der Waals surface area (Å²) >= 11 is 0.583. The predicted molar refractivity (Wildman–Crippen MR) is 111 cm³/mol. The Hall–Kier alpha value is -1.05. The number of nitrogens with two attached hydrogens (primary N) is 2. The number of nitrogens with zero attached hydrogens (tertiary/aromatic N) is 1. The zero-order valence-corrected chi connectivity index (χ0v) is 18.4. The number of halogens is 1. The third-order valence-electron chi connectivity index (χ3n) is 4.31. The number of benzene rings is 1. The molecular weight excluding hydrogens is 446 g/mol. The van der Waals surface area contributed by atoms with Crippen LogP contribution < -0.4 is 10.3 Å². The molecule has 1 aromatic heterocycles. The van der Waals surface area contributed by atoms with Crippen molar-refractivity contribution in [2.75, 3.05) is 26.3 Å². The molecule has 1 aromatic carbocycles. The van der Waals surface area contributed by atoms with Gasteiger partial charge < -0.3 is 4.74 Å². The molecule has 2 aromatic rings. The van der Waals surface area contributed by atoms with Gasteiger partial charge in [0.05, 0.1) is 13.2 Å². The largest absolute Gasteiger partial charge is 0.379 e. The lowest BCUT2D eigenvalue weighted by Crippen LogP contribution is -2.35. The second kappa shape index (κ2) is 8.76. The fraction of sp³-hybridized carbons (Fsp3) is 0.375. The van der Waals surface area contributed by atoms with E-state index < -0.39 is 20.0 Å². The molecule has 4 N–H and O–H groups in total. The van der Waals surface area contributed by atoms with E-state index in [0.29, 0.717) is 36.7 Å². The van der Waals surface area contributed by atoms with E-state index in [9.17, 15) is 16.8 Å². The Morgan fingerprint density at radius 2 is 1.68 bits per heavy atom. The van der Waals surface area contributed by atoms with Crippen LogP contribution in [0.15, 0.2) is 32.7 Å². The van der Waals surface area contributed by atoms with Gasteiger partial charge in [-0.05, 0) is 29.7 Å². The summed E-state index contributed by atoms with van der Waals surface area (Å²) in [5.74, 6) is 0. The van der Waals surface area contributed by atoms with E-state index in [4.69, 9.17) is 15.0 Å². The van der Waals surface area contributed by atoms with E-state index in [-0.39, 0.29) is 32.0 Å². The third kappa shape index (κ3) is 5.10. The van der Waals surface area contributed by atoms with Gasteiger partial charge in [0.25, 0.3) is 0 Å². The minimum atomic E-state index is -4.11. The van der Waals surface area contributed by atoms with E-state index in [1.807, 2.05) is 18.2 Å². The molecule has 12 heteroatoms. The van der Waals surface area contributed by atoms with Crippen LogP contribution in [0, 0.1) is 6.92 Å². The van der Waals surface area contributed by atoms with Gasteiger partial charge in [-0.25, -0.2) is 27.1 Å². The lowest BCUT2D eigenvalue weighted by Gasteiger charge is -2.26. The first-order chi connectivity index (χ1) is 12.6. The number of sulfonamides is 2. The molecule has 0 amide bonds. The molecule has 3 rings (SSSR count). The monoisotopic (exact) mass is 467 g/mol. The van der Waals surface area contributed by atoms with Crippen LogP contribution in [0.4, 0.5) is 0 Å². The van der Waals surface area contributed by atoms with Crippen molar-refractivity contribution in [3.8, 4) is 11.1 Å². The smallest absolute Gasteiger partial charge is 0.248 e. The molecule has 0 spiro atoms. The van der Waals surface area contributed by atoms with Crippen LogP contribution in [0.5, 0.6) is 0 Å². The van der Waals surface area contributed by atoms with Crippen LogP contribution in [-0.4, -0.2) is 48.0 Å². The molecular formula is C16H22ClN3O5S3. The molecule has 0 bridgehead atoms. The summed E-state index contributed by atoms with van der Waals surface area (Å²) in [6.07, 6.45) is 0. The molecule has 2 heterocycles. The van der Waals surface area contributed by atoms with Gasteiger partial charge in [0.1, 0.15) is 8.42 Å². The molecule has 0 aliphatic carbocycles. The summed E-state index contributed by atoms with van der Waals surface area (Å²) in [6.45, 7) is 5.22. The lowest BCUT2D eigenvalue weighted by molar-refractivity contribution is 0.0342. The van der Waals surface area contributed by atoms with Crippen molar-refractivity contribution >= 4 is 43.8 Å². The number of rotatable bonds is 5. The Morgan fingerprint density at radius 3 is 2.25 bits per heavy atom. The number of primary sulfonamides is 2. The van der Waals surface area contributed by atoms with Gasteiger partial charge in [-0.15, -0.1) is 23.7 Å². The van der Waals surface area contributed by atoms with Crippen molar-refractivity contribution in [3.05, 3.63) is 35.4 Å². The average molecular weight is 468 g/mol. The van der Waals surface area contributed by atoms with Crippen LogP contribution in [0.1, 0.15) is 11.1 Å². The van der Waals surface area contributed by atoms with E-state index in [0.717, 1.165) is 18.7 Å². The van der Waals surface area contributed by atoms with E-state index in [1.165, 1.54) is 6.92 Å². The zero-order valence-electron chi connectivity index (χ0n) is 15.1. The van der Waals surface area contributed by atoms with E-state index in [1.54, 1.807) is 6.07 Å². The molecule has 0 unspecified atom stereocenters. The second-order valence-corrected chi connectivity index (χ2v) is 10.9. The molecule has 8 nitrogen and oxygen atoms in total. The second-order valence-electron chi connectivity index (χ2n) is 6.36. The summed E-state index contributed by atoms with van der Waals surface area (Å²) in [4.78, 5) is 2.24. The van der Waals surface area contributed by atoms with Gasteiger partial charge >= 0.3 is 0 Å². The van der Waals surface area contributed by atoms with Gasteiger partial charge in [-0.2, -0.15) is 0 Å². The number of thiophene rings is 1. The summed E-state index contributed by atoms with van der Waals surface area (Å²) < 4.78 is 52.7. The SMILES string of the molecule is Cc1c(S(N)(=O)=O)sc(S(N)(=O)=O)c1-c1cccc(CN2CCOCC2)c1.Cl. The van der Waals surface area contributed by atoms with E-state index in [2.05, 4.69) is 4.90 Å². The minimum absolute atomic E-state index is 0. The molecule has 0 saturated carbocycles. The summed E-state index contributed by atoms with van der Waals surface area (Å²) in [5.41, 5.74) is 2.15. The molecule has 1 aliphatic rings. The van der Waals surface area contributed by atoms with Crippen LogP contribution >= 0.6 is 23.7 Å². The Bertz CT molecular complexity index is 1060. The van der Waals surface area contributed by atoms with Crippen molar-refractivity contribution in [1.82, 2.24) is 4.90 Å². The van der Waals surface area contributed by atoms with Crippen molar-refractivity contribution in [1.29, 1.82) is 0 Å². The van der Waals surface area contributed by atoms with E-state index >= 15 is 0 Å². The first-order valence-corrected chi connectivity index (χ1v) is 12.1. The molecule has 1 aliphatic heterocycles. The molecule has 28 heavy (non-hydrogen) atoms. The predicted octanol–water partition coefficient (Wildman–Crippen LogP) is 1.27. The fourth-order valence-corrected chi connectivity index (χ4v) is 6.58. The molecule has 1 fully saturated rings. The molecule has 156 valence electrons. The molecule has 0 radical (unpaired) electrons. The lowest BCUT2D eigenvalue weighted by atomic mass is 10.0. The Kier molecular flexibility index (Phi) is 7.27. The normalized spacial score (nSPS) is 16.0. The van der Waals surface area contributed by atoms with Crippen LogP contribution in [0.25, 0.3) is 11.1 Å². The maximum absolute atomic E-state index is 12.1. The number of hydrogen-bond donors (Lipinski definition) is 2. The highest BCUT2D eigenvalue weighted by Crippen LogP contribution is 2.40. The Labute approximate surface area is 175 Å². The minimum Gasteiger partial charge on any atom is -0.379 e. The Morgan fingerprint density at radius 1 is 1.07 bits per heavy atom. The average Bonchev–Trinajstić information content (AvgIpc) is 2.94. The van der Waals surface area contributed by atoms with Gasteiger partial charge in [-0.3, -0.25) is 4.90 Å². The maximum Gasteiger partial charge on any atom is 0.248 e. The summed E-state index contributed by atoms with van der Waals surface area (Å²) in [6, 6.07) is 7.34. The summed E-state index contributed by atoms with van der Waals surface area (Å²) in [5, 5.41) is 10.6. The van der Waals surface area contributed by atoms with Crippen molar-refractivity contribution in [2.24, 2.45) is 10.3 Å². The zero-order chi connectivity index (χ0) is 19.8. The number of ether oxygens (including phenoxy) is 1. The molecule has 0 atom stereocenters. The quantitative estimate of drug-likeness (QED) is 0.680. The van der Waals surface area contributed by atoms with Crippen molar-refractivity contribution in [3.63, 3.8) is 0 Å². The van der Waals surface area contributed by atoms with Crippen LogP contribution in [-0.2, 0) is 31.3 Å².